The number of carboxylic acids is 2. The number of ether oxygens (including phenoxy) is 1. The minimum Gasteiger partial charge on any atom is -0.478 e. The molecule has 1 aliphatic heterocycles. The highest BCUT2D eigenvalue weighted by atomic mass is 16.5. The van der Waals surface area contributed by atoms with Crippen molar-refractivity contribution in [2.45, 2.75) is 75.9 Å². The minimum atomic E-state index is -1.26. The van der Waals surface area contributed by atoms with Crippen LogP contribution in [0.25, 0.3) is 0 Å². The van der Waals surface area contributed by atoms with Gasteiger partial charge >= 0.3 is 11.9 Å². The van der Waals surface area contributed by atoms with Crippen molar-refractivity contribution >= 4 is 17.7 Å². The Labute approximate surface area is 266 Å². The first-order valence-corrected chi connectivity index (χ1v) is 16.1. The quantitative estimate of drug-likeness (QED) is 0.160. The minimum absolute atomic E-state index is 0.0268. The van der Waals surface area contributed by atoms with Crippen LogP contribution < -0.4 is 0 Å². The zero-order valence-corrected chi connectivity index (χ0v) is 25.9. The molecule has 0 amide bonds. The summed E-state index contributed by atoms with van der Waals surface area (Å²) in [5.41, 5.74) is 4.71. The first kappa shape index (κ1) is 33.8. The van der Waals surface area contributed by atoms with Crippen molar-refractivity contribution in [2.24, 2.45) is 0 Å². The Kier molecular flexibility index (Phi) is 13.6. The van der Waals surface area contributed by atoms with Gasteiger partial charge in [0.1, 0.15) is 6.10 Å². The molecule has 0 spiro atoms. The Morgan fingerprint density at radius 1 is 0.733 bits per heavy atom. The number of rotatable bonds is 12. The summed E-state index contributed by atoms with van der Waals surface area (Å²) in [7, 11) is 0. The fourth-order valence-corrected chi connectivity index (χ4v) is 6.19. The third-order valence-electron chi connectivity index (χ3n) is 8.62. The van der Waals surface area contributed by atoms with Gasteiger partial charge in [-0.25, -0.2) is 9.59 Å². The summed E-state index contributed by atoms with van der Waals surface area (Å²) in [5, 5.41) is 15.6. The molecule has 1 saturated carbocycles. The lowest BCUT2D eigenvalue weighted by atomic mass is 9.84. The summed E-state index contributed by atoms with van der Waals surface area (Å²) >= 11 is 0. The number of carbonyl (C=O) groups excluding carboxylic acids is 1. The van der Waals surface area contributed by atoms with Gasteiger partial charge in [-0.05, 0) is 61.3 Å². The number of ketones is 1. The van der Waals surface area contributed by atoms with Gasteiger partial charge < -0.3 is 19.8 Å². The number of likely N-dealkylation sites (tertiary alicyclic amines) is 1. The Morgan fingerprint density at radius 3 is 1.78 bits per heavy atom. The third kappa shape index (κ3) is 11.4. The zero-order chi connectivity index (χ0) is 31.9. The molecule has 2 aliphatic rings. The maximum absolute atomic E-state index is 12.8. The van der Waals surface area contributed by atoms with E-state index in [1.807, 2.05) is 0 Å². The average Bonchev–Trinajstić information content (AvgIpc) is 3.08. The first-order chi connectivity index (χ1) is 21.9. The second kappa shape index (κ2) is 18.0. The number of hydrogen-bond acceptors (Lipinski definition) is 5. The predicted molar refractivity (Wildman–Crippen MR) is 176 cm³/mol. The van der Waals surface area contributed by atoms with Gasteiger partial charge in [-0.3, -0.25) is 4.79 Å². The van der Waals surface area contributed by atoms with E-state index in [4.69, 9.17) is 14.9 Å². The molecule has 3 aromatic carbocycles. The number of piperidine rings is 1. The molecule has 7 heteroatoms. The molecule has 45 heavy (non-hydrogen) atoms. The van der Waals surface area contributed by atoms with E-state index >= 15 is 0 Å². The van der Waals surface area contributed by atoms with Crippen LogP contribution in [0, 0.1) is 0 Å². The summed E-state index contributed by atoms with van der Waals surface area (Å²) < 4.78 is 6.68. The van der Waals surface area contributed by atoms with E-state index < -0.39 is 11.9 Å². The number of carboxylic acid groups (broad SMARTS) is 2. The van der Waals surface area contributed by atoms with E-state index in [-0.39, 0.29) is 18.0 Å². The molecule has 0 bridgehead atoms. The average molecular weight is 612 g/mol. The van der Waals surface area contributed by atoms with E-state index in [0.717, 1.165) is 44.5 Å². The Balaban J connectivity index is 0.000000510. The standard InChI is InChI=1S/C34H41NO2.C4H4O4/c36-33(29-20-18-28(19-21-29)27-11-4-1-5-12-27)17-10-24-35-25-22-32(23-26-35)37-34(30-13-6-2-7-14-30)31-15-8-3-9-16-31;5-3(6)1-2-4(7)8/h2-3,6-9,13-16,18-21,27,32,34H,1,4-5,10-12,17,22-26H2;1-2H,(H,5,6)(H,7,8). The van der Waals surface area contributed by atoms with Crippen LogP contribution in [0.5, 0.6) is 0 Å². The second-order valence-corrected chi connectivity index (χ2v) is 11.9. The monoisotopic (exact) mass is 611 g/mol. The van der Waals surface area contributed by atoms with Gasteiger partial charge in [0.15, 0.2) is 5.78 Å². The highest BCUT2D eigenvalue weighted by Crippen LogP contribution is 2.33. The second-order valence-electron chi connectivity index (χ2n) is 11.9. The summed E-state index contributed by atoms with van der Waals surface area (Å²) in [5.74, 6) is -1.54. The Morgan fingerprint density at radius 2 is 1.27 bits per heavy atom. The van der Waals surface area contributed by atoms with Crippen LogP contribution in [0.1, 0.15) is 96.9 Å². The fraction of sp³-hybridized carbons (Fsp3) is 0.395. The molecule has 0 radical (unpaired) electrons. The van der Waals surface area contributed by atoms with Gasteiger partial charge in [-0.15, -0.1) is 0 Å². The van der Waals surface area contributed by atoms with E-state index in [2.05, 4.69) is 89.8 Å². The topological polar surface area (TPSA) is 104 Å². The highest BCUT2D eigenvalue weighted by Gasteiger charge is 2.25. The molecule has 3 aromatic rings. The van der Waals surface area contributed by atoms with Crippen molar-refractivity contribution in [3.63, 3.8) is 0 Å². The molecule has 1 heterocycles. The molecule has 1 saturated heterocycles. The predicted octanol–water partition coefficient (Wildman–Crippen LogP) is 7.68. The SMILES string of the molecule is O=C(CCCN1CCC(OC(c2ccccc2)c2ccccc2)CC1)c1ccc(C2CCCCC2)cc1.O=C(O)C=CC(=O)O. The molecule has 0 unspecified atom stereocenters. The van der Waals surface area contributed by atoms with Crippen LogP contribution in [-0.4, -0.2) is 58.6 Å². The van der Waals surface area contributed by atoms with Crippen molar-refractivity contribution < 1.29 is 29.3 Å². The summed E-state index contributed by atoms with van der Waals surface area (Å²) in [4.78, 5) is 34.4. The summed E-state index contributed by atoms with van der Waals surface area (Å²) in [6, 6.07) is 29.6. The highest BCUT2D eigenvalue weighted by molar-refractivity contribution is 5.96. The summed E-state index contributed by atoms with van der Waals surface area (Å²) in [6.07, 6.45) is 11.6. The van der Waals surface area contributed by atoms with Crippen molar-refractivity contribution in [2.75, 3.05) is 19.6 Å². The molecule has 0 aromatic heterocycles. The molecule has 0 atom stereocenters. The van der Waals surface area contributed by atoms with Crippen LogP contribution in [0.15, 0.2) is 97.1 Å². The fourth-order valence-electron chi connectivity index (χ4n) is 6.19. The molecule has 2 fully saturated rings. The molecule has 238 valence electrons. The van der Waals surface area contributed by atoms with E-state index in [9.17, 15) is 14.4 Å². The lowest BCUT2D eigenvalue weighted by molar-refractivity contribution is -0.134. The largest absolute Gasteiger partial charge is 0.478 e. The molecule has 2 N–H and O–H groups in total. The van der Waals surface area contributed by atoms with Gasteiger partial charge in [-0.2, -0.15) is 0 Å². The normalized spacial score (nSPS) is 16.3. The number of aliphatic carboxylic acids is 2. The van der Waals surface area contributed by atoms with Crippen LogP contribution in [0.4, 0.5) is 0 Å². The smallest absolute Gasteiger partial charge is 0.328 e. The first-order valence-electron chi connectivity index (χ1n) is 16.1. The van der Waals surface area contributed by atoms with Crippen molar-refractivity contribution in [3.05, 3.63) is 119 Å². The zero-order valence-electron chi connectivity index (χ0n) is 25.9. The Bertz CT molecular complexity index is 1300. The van der Waals surface area contributed by atoms with Crippen LogP contribution in [0.2, 0.25) is 0 Å². The van der Waals surface area contributed by atoms with Gasteiger partial charge in [0.2, 0.25) is 0 Å². The van der Waals surface area contributed by atoms with Crippen molar-refractivity contribution in [3.8, 4) is 0 Å². The van der Waals surface area contributed by atoms with Crippen molar-refractivity contribution in [1.29, 1.82) is 0 Å². The lowest BCUT2D eigenvalue weighted by Crippen LogP contribution is -2.38. The molecule has 1 aliphatic carbocycles. The van der Waals surface area contributed by atoms with E-state index in [1.54, 1.807) is 0 Å². The third-order valence-corrected chi connectivity index (χ3v) is 8.62. The van der Waals surface area contributed by atoms with Gasteiger partial charge in [-0.1, -0.05) is 104 Å². The maximum atomic E-state index is 12.8. The van der Waals surface area contributed by atoms with Crippen LogP contribution in [-0.2, 0) is 14.3 Å². The van der Waals surface area contributed by atoms with Gasteiger partial charge in [0.05, 0.1) is 6.10 Å². The van der Waals surface area contributed by atoms with Crippen LogP contribution in [0.3, 0.4) is 0 Å². The van der Waals surface area contributed by atoms with Crippen LogP contribution >= 0.6 is 0 Å². The molecular weight excluding hydrogens is 566 g/mol. The molecular formula is C38H45NO6. The Hall–Kier alpha value is -4.07. The number of nitrogens with zero attached hydrogens (tertiary/aromatic N) is 1. The van der Waals surface area contributed by atoms with E-state index in [1.165, 1.54) is 48.8 Å². The maximum Gasteiger partial charge on any atom is 0.328 e. The molecule has 5 rings (SSSR count). The number of carbonyl (C=O) groups is 3. The van der Waals surface area contributed by atoms with Gasteiger partial charge in [0, 0.05) is 37.2 Å². The molecule has 7 nitrogen and oxygen atoms in total. The van der Waals surface area contributed by atoms with Gasteiger partial charge in [0.25, 0.3) is 0 Å². The number of benzene rings is 3. The number of Topliss-reactive ketones (excluding diaryl/α,β-unsaturated/α-hetero) is 1. The number of hydrogen-bond donors (Lipinski definition) is 2. The lowest BCUT2D eigenvalue weighted by Gasteiger charge is -2.34. The summed E-state index contributed by atoms with van der Waals surface area (Å²) in [6.45, 7) is 3.05. The van der Waals surface area contributed by atoms with E-state index in [0.29, 0.717) is 24.5 Å². The van der Waals surface area contributed by atoms with Crippen molar-refractivity contribution in [1.82, 2.24) is 4.90 Å².